The van der Waals surface area contributed by atoms with Gasteiger partial charge < -0.3 is 28.9 Å². The van der Waals surface area contributed by atoms with Crippen LogP contribution in [0.5, 0.6) is 17.2 Å². The lowest BCUT2D eigenvalue weighted by atomic mass is 9.96. The van der Waals surface area contributed by atoms with Crippen molar-refractivity contribution in [1.82, 2.24) is 19.8 Å². The van der Waals surface area contributed by atoms with E-state index in [0.29, 0.717) is 54.7 Å². The maximum Gasteiger partial charge on any atom is 0.273 e. The number of methoxy groups -OCH3 is 3. The van der Waals surface area contributed by atoms with Crippen molar-refractivity contribution in [3.63, 3.8) is 0 Å². The van der Waals surface area contributed by atoms with Gasteiger partial charge in [0.1, 0.15) is 11.5 Å². The molecular weight excluding hydrogens is 530 g/mol. The first-order chi connectivity index (χ1) is 19.4. The Hall–Kier alpha value is -3.86. The second-order valence-corrected chi connectivity index (χ2v) is 10.8. The summed E-state index contributed by atoms with van der Waals surface area (Å²) in [5.74, 6) is 2.32. The molecule has 11 heteroatoms. The molecule has 2 amide bonds. The summed E-state index contributed by atoms with van der Waals surface area (Å²) in [6.45, 7) is 5.95. The number of hydrogen-bond acceptors (Lipinski definition) is 9. The second-order valence-electron chi connectivity index (χ2n) is 9.94. The lowest BCUT2D eigenvalue weighted by molar-refractivity contribution is 0.0708. The van der Waals surface area contributed by atoms with Gasteiger partial charge in [-0.25, -0.2) is 9.97 Å². The fraction of sp³-hybridized carbons (Fsp3) is 0.448. The van der Waals surface area contributed by atoms with Gasteiger partial charge in [-0.2, -0.15) is 0 Å². The Kier molecular flexibility index (Phi) is 8.39. The number of amides is 2. The van der Waals surface area contributed by atoms with Gasteiger partial charge in [-0.05, 0) is 44.0 Å². The van der Waals surface area contributed by atoms with E-state index >= 15 is 0 Å². The third-order valence-electron chi connectivity index (χ3n) is 7.57. The average molecular weight is 566 g/mol. The first kappa shape index (κ1) is 27.7. The van der Waals surface area contributed by atoms with Crippen LogP contribution < -0.4 is 19.1 Å². The van der Waals surface area contributed by atoms with Crippen LogP contribution in [0.4, 0.5) is 5.82 Å². The molecule has 2 aliphatic heterocycles. The number of aromatic nitrogens is 2. The van der Waals surface area contributed by atoms with Gasteiger partial charge in [0.05, 0.1) is 31.9 Å². The second kappa shape index (κ2) is 12.1. The summed E-state index contributed by atoms with van der Waals surface area (Å²) in [6, 6.07) is 9.44. The number of anilines is 1. The van der Waals surface area contributed by atoms with Gasteiger partial charge in [0.2, 0.25) is 5.75 Å². The zero-order valence-corrected chi connectivity index (χ0v) is 24.2. The fourth-order valence-electron chi connectivity index (χ4n) is 5.35. The zero-order valence-electron chi connectivity index (χ0n) is 23.4. The summed E-state index contributed by atoms with van der Waals surface area (Å²) < 4.78 is 16.3. The molecule has 0 bridgehead atoms. The zero-order chi connectivity index (χ0) is 28.2. The Bertz CT molecular complexity index is 1360. The van der Waals surface area contributed by atoms with Crippen LogP contribution in [0.3, 0.4) is 0 Å². The smallest absolute Gasteiger partial charge is 0.273 e. The predicted octanol–water partition coefficient (Wildman–Crippen LogP) is 3.85. The van der Waals surface area contributed by atoms with Crippen molar-refractivity contribution in [2.45, 2.75) is 25.7 Å². The Balaban J connectivity index is 1.17. The molecule has 0 radical (unpaired) electrons. The lowest BCUT2D eigenvalue weighted by Crippen LogP contribution is -2.49. The fourth-order valence-corrected chi connectivity index (χ4v) is 6.31. The summed E-state index contributed by atoms with van der Waals surface area (Å²) in [5, 5.41) is 2.83. The summed E-state index contributed by atoms with van der Waals surface area (Å²) >= 11 is 1.54. The molecule has 0 spiro atoms. The number of thiazole rings is 1. The SMILES string of the molecule is COc1ccc(C(=O)N2CCC(c3nc(C(=O)N4CCN(c5cccc(C)n5)CC4)cs3)CC2)c(OC)c1OC. The van der Waals surface area contributed by atoms with Gasteiger partial charge in [-0.3, -0.25) is 9.59 Å². The molecule has 0 saturated carbocycles. The third-order valence-corrected chi connectivity index (χ3v) is 8.58. The summed E-state index contributed by atoms with van der Waals surface area (Å²) in [5.41, 5.74) is 1.94. The minimum atomic E-state index is -0.105. The Morgan fingerprint density at radius 3 is 2.17 bits per heavy atom. The minimum Gasteiger partial charge on any atom is -0.493 e. The number of piperidine rings is 1. The van der Waals surface area contributed by atoms with Crippen molar-refractivity contribution >= 4 is 29.0 Å². The topological polar surface area (TPSA) is 97.3 Å². The molecule has 5 rings (SSSR count). The van der Waals surface area contributed by atoms with Gasteiger partial charge in [-0.1, -0.05) is 6.07 Å². The van der Waals surface area contributed by atoms with E-state index in [9.17, 15) is 9.59 Å². The van der Waals surface area contributed by atoms with Crippen molar-refractivity contribution in [2.24, 2.45) is 0 Å². The molecule has 40 heavy (non-hydrogen) atoms. The van der Waals surface area contributed by atoms with Crippen LogP contribution in [0.1, 0.15) is 50.3 Å². The quantitative estimate of drug-likeness (QED) is 0.426. The molecule has 3 aromatic rings. The molecule has 1 aromatic carbocycles. The van der Waals surface area contributed by atoms with Crippen LogP contribution in [0.25, 0.3) is 0 Å². The molecule has 2 fully saturated rings. The first-order valence-corrected chi connectivity index (χ1v) is 14.3. The number of carbonyl (C=O) groups excluding carboxylic acids is 2. The molecule has 0 aliphatic carbocycles. The Morgan fingerprint density at radius 2 is 1.52 bits per heavy atom. The summed E-state index contributed by atoms with van der Waals surface area (Å²) in [7, 11) is 4.59. The average Bonchev–Trinajstić information content (AvgIpc) is 3.50. The standard InChI is InChI=1S/C29H35N5O5S/c1-19-6-5-7-24(30-19)32-14-16-34(17-15-32)29(36)22-18-40-27(31-22)20-10-12-33(13-11-20)28(35)21-8-9-23(37-2)26(39-4)25(21)38-3/h5-9,18,20H,10-17H2,1-4H3. The van der Waals surface area contributed by atoms with E-state index in [1.807, 2.05) is 40.3 Å². The van der Waals surface area contributed by atoms with E-state index < -0.39 is 0 Å². The number of ether oxygens (including phenoxy) is 3. The highest BCUT2D eigenvalue weighted by Gasteiger charge is 2.31. The van der Waals surface area contributed by atoms with Crippen LogP contribution in [0.15, 0.2) is 35.7 Å². The van der Waals surface area contributed by atoms with Crippen LogP contribution in [0.2, 0.25) is 0 Å². The largest absolute Gasteiger partial charge is 0.493 e. The number of rotatable bonds is 7. The van der Waals surface area contributed by atoms with Crippen LogP contribution in [-0.4, -0.2) is 92.2 Å². The van der Waals surface area contributed by atoms with Gasteiger partial charge in [-0.15, -0.1) is 11.3 Å². The Labute approximate surface area is 238 Å². The highest BCUT2D eigenvalue weighted by atomic mass is 32.1. The molecule has 2 aliphatic rings. The van der Waals surface area contributed by atoms with Crippen LogP contribution >= 0.6 is 11.3 Å². The van der Waals surface area contributed by atoms with Gasteiger partial charge >= 0.3 is 0 Å². The van der Waals surface area contributed by atoms with E-state index in [1.165, 1.54) is 25.6 Å². The highest BCUT2D eigenvalue weighted by Crippen LogP contribution is 2.41. The van der Waals surface area contributed by atoms with Gasteiger partial charge in [0.15, 0.2) is 11.5 Å². The summed E-state index contributed by atoms with van der Waals surface area (Å²) in [6.07, 6.45) is 1.56. The monoisotopic (exact) mass is 565 g/mol. The normalized spacial score (nSPS) is 16.1. The van der Waals surface area contributed by atoms with E-state index in [1.54, 1.807) is 19.2 Å². The van der Waals surface area contributed by atoms with Crippen molar-refractivity contribution in [3.8, 4) is 17.2 Å². The molecular formula is C29H35N5O5S. The van der Waals surface area contributed by atoms with Crippen LogP contribution in [-0.2, 0) is 0 Å². The highest BCUT2D eigenvalue weighted by molar-refractivity contribution is 7.09. The molecule has 0 unspecified atom stereocenters. The van der Waals surface area contributed by atoms with E-state index in [-0.39, 0.29) is 17.7 Å². The molecule has 2 aromatic heterocycles. The van der Waals surface area contributed by atoms with Crippen molar-refractivity contribution < 1.29 is 23.8 Å². The number of carbonyl (C=O) groups is 2. The molecule has 10 nitrogen and oxygen atoms in total. The van der Waals surface area contributed by atoms with Gasteiger partial charge in [0.25, 0.3) is 11.8 Å². The van der Waals surface area contributed by atoms with Crippen molar-refractivity contribution in [3.05, 3.63) is 57.7 Å². The molecule has 0 N–H and O–H groups in total. The molecule has 212 valence electrons. The van der Waals surface area contributed by atoms with Crippen molar-refractivity contribution in [2.75, 3.05) is 65.5 Å². The lowest BCUT2D eigenvalue weighted by Gasteiger charge is -2.35. The Morgan fingerprint density at radius 1 is 0.825 bits per heavy atom. The number of hydrogen-bond donors (Lipinski definition) is 0. The molecule has 2 saturated heterocycles. The molecule has 0 atom stereocenters. The van der Waals surface area contributed by atoms with E-state index in [0.717, 1.165) is 42.5 Å². The number of pyridine rings is 1. The summed E-state index contributed by atoms with van der Waals surface area (Å²) in [4.78, 5) is 41.9. The molecule has 4 heterocycles. The van der Waals surface area contributed by atoms with E-state index in [4.69, 9.17) is 19.2 Å². The minimum absolute atomic E-state index is 0.0208. The number of likely N-dealkylation sites (tertiary alicyclic amines) is 1. The van der Waals surface area contributed by atoms with Crippen molar-refractivity contribution in [1.29, 1.82) is 0 Å². The first-order valence-electron chi connectivity index (χ1n) is 13.4. The number of aryl methyl sites for hydroxylation is 1. The maximum atomic E-state index is 13.4. The number of piperazine rings is 1. The maximum absolute atomic E-state index is 13.4. The number of benzene rings is 1. The predicted molar refractivity (Wildman–Crippen MR) is 153 cm³/mol. The third kappa shape index (κ3) is 5.56. The van der Waals surface area contributed by atoms with Crippen LogP contribution in [0, 0.1) is 6.92 Å². The number of nitrogens with zero attached hydrogens (tertiary/aromatic N) is 5. The van der Waals surface area contributed by atoms with Gasteiger partial charge in [0, 0.05) is 56.3 Å². The van der Waals surface area contributed by atoms with E-state index in [2.05, 4.69) is 9.88 Å².